The third kappa shape index (κ3) is 1.91. The molecule has 88 valence electrons. The van der Waals surface area contributed by atoms with Crippen molar-refractivity contribution in [2.24, 2.45) is 0 Å². The molecule has 0 radical (unpaired) electrons. The molecule has 1 aliphatic carbocycles. The van der Waals surface area contributed by atoms with Crippen molar-refractivity contribution in [2.75, 3.05) is 29.5 Å². The first kappa shape index (κ1) is 10.7. The van der Waals surface area contributed by atoms with E-state index in [2.05, 4.69) is 28.0 Å². The van der Waals surface area contributed by atoms with Crippen molar-refractivity contribution in [1.29, 1.82) is 0 Å². The summed E-state index contributed by atoms with van der Waals surface area (Å²) in [6.07, 6.45) is 2.60. The highest BCUT2D eigenvalue weighted by Gasteiger charge is 2.33. The first-order chi connectivity index (χ1) is 7.75. The fourth-order valence-electron chi connectivity index (χ4n) is 2.29. The van der Waals surface area contributed by atoms with Gasteiger partial charge in [-0.15, -0.1) is 0 Å². The maximum absolute atomic E-state index is 5.99. The minimum absolute atomic E-state index is 0.707. The summed E-state index contributed by atoms with van der Waals surface area (Å²) in [5.74, 6) is 2.72. The molecule has 16 heavy (non-hydrogen) atoms. The Morgan fingerprint density at radius 2 is 2.25 bits per heavy atom. The number of nitrogens with zero attached hydrogens (tertiary/aromatic N) is 2. The van der Waals surface area contributed by atoms with E-state index in [0.717, 1.165) is 24.2 Å². The van der Waals surface area contributed by atoms with E-state index in [-0.39, 0.29) is 0 Å². The third-order valence-electron chi connectivity index (χ3n) is 3.25. The summed E-state index contributed by atoms with van der Waals surface area (Å²) in [5, 5.41) is 2.08. The first-order valence-electron chi connectivity index (χ1n) is 5.87. The summed E-state index contributed by atoms with van der Waals surface area (Å²) in [4.78, 5) is 2.49. The van der Waals surface area contributed by atoms with E-state index in [1.807, 2.05) is 0 Å². The molecule has 1 aromatic heterocycles. The van der Waals surface area contributed by atoms with Gasteiger partial charge in [0.25, 0.3) is 0 Å². The standard InChI is InChI=1S/C11H17N3S2/c1-7-6-14(4-5-15-7)11-9(8-2-3-8)10(12)13-16-11/h7-8H,2-6H2,1H3,(H2,12,13). The summed E-state index contributed by atoms with van der Waals surface area (Å²) < 4.78 is 4.35. The molecule has 1 saturated heterocycles. The predicted molar refractivity (Wildman–Crippen MR) is 72.6 cm³/mol. The number of aromatic nitrogens is 1. The Hall–Kier alpha value is -0.420. The zero-order chi connectivity index (χ0) is 11.1. The van der Waals surface area contributed by atoms with Crippen LogP contribution in [0.1, 0.15) is 31.2 Å². The molecule has 0 amide bonds. The summed E-state index contributed by atoms with van der Waals surface area (Å²) in [6, 6.07) is 0. The predicted octanol–water partition coefficient (Wildman–Crippen LogP) is 2.54. The average molecular weight is 255 g/mol. The smallest absolute Gasteiger partial charge is 0.142 e. The Morgan fingerprint density at radius 3 is 2.94 bits per heavy atom. The number of hydrogen-bond acceptors (Lipinski definition) is 5. The molecule has 2 aliphatic rings. The van der Waals surface area contributed by atoms with Crippen LogP contribution < -0.4 is 10.6 Å². The molecule has 2 N–H and O–H groups in total. The van der Waals surface area contributed by atoms with E-state index < -0.39 is 0 Å². The van der Waals surface area contributed by atoms with Gasteiger partial charge in [0.2, 0.25) is 0 Å². The molecule has 0 bridgehead atoms. The Bertz CT molecular complexity index is 387. The van der Waals surface area contributed by atoms with Gasteiger partial charge in [0, 0.05) is 29.7 Å². The monoisotopic (exact) mass is 255 g/mol. The van der Waals surface area contributed by atoms with Gasteiger partial charge in [0.15, 0.2) is 0 Å². The topological polar surface area (TPSA) is 42.2 Å². The Labute approximate surface area is 105 Å². The summed E-state index contributed by atoms with van der Waals surface area (Å²) >= 11 is 3.66. The molecule has 1 aliphatic heterocycles. The van der Waals surface area contributed by atoms with Gasteiger partial charge in [-0.3, -0.25) is 0 Å². The zero-order valence-electron chi connectivity index (χ0n) is 9.48. The highest BCUT2D eigenvalue weighted by atomic mass is 32.2. The number of nitrogen functional groups attached to an aromatic ring is 1. The van der Waals surface area contributed by atoms with Crippen molar-refractivity contribution in [3.63, 3.8) is 0 Å². The second-order valence-corrected chi connectivity index (χ2v) is 6.99. The van der Waals surface area contributed by atoms with E-state index in [0.29, 0.717) is 5.92 Å². The van der Waals surface area contributed by atoms with Gasteiger partial charge in [-0.05, 0) is 30.3 Å². The van der Waals surface area contributed by atoms with Crippen molar-refractivity contribution < 1.29 is 0 Å². The van der Waals surface area contributed by atoms with Crippen LogP contribution in [-0.4, -0.2) is 28.5 Å². The van der Waals surface area contributed by atoms with Gasteiger partial charge in [0.05, 0.1) is 0 Å². The fraction of sp³-hybridized carbons (Fsp3) is 0.727. The van der Waals surface area contributed by atoms with Crippen molar-refractivity contribution in [3.05, 3.63) is 5.56 Å². The van der Waals surface area contributed by atoms with E-state index in [1.165, 1.54) is 29.2 Å². The van der Waals surface area contributed by atoms with Gasteiger partial charge in [-0.2, -0.15) is 16.1 Å². The quantitative estimate of drug-likeness (QED) is 0.882. The molecule has 3 rings (SSSR count). The minimum Gasteiger partial charge on any atom is -0.383 e. The van der Waals surface area contributed by atoms with Crippen LogP contribution in [-0.2, 0) is 0 Å². The summed E-state index contributed by atoms with van der Waals surface area (Å²) in [7, 11) is 0. The second-order valence-electron chi connectivity index (χ2n) is 4.69. The molecular weight excluding hydrogens is 238 g/mol. The van der Waals surface area contributed by atoms with Gasteiger partial charge in [-0.1, -0.05) is 6.92 Å². The van der Waals surface area contributed by atoms with E-state index in [1.54, 1.807) is 11.5 Å². The molecule has 0 spiro atoms. The lowest BCUT2D eigenvalue weighted by molar-refractivity contribution is 0.785. The summed E-state index contributed by atoms with van der Waals surface area (Å²) in [6.45, 7) is 4.60. The lowest BCUT2D eigenvalue weighted by atomic mass is 10.2. The van der Waals surface area contributed by atoms with Crippen LogP contribution in [0.2, 0.25) is 0 Å². The van der Waals surface area contributed by atoms with Gasteiger partial charge in [0.1, 0.15) is 10.8 Å². The van der Waals surface area contributed by atoms with Crippen LogP contribution in [0.15, 0.2) is 0 Å². The number of thioether (sulfide) groups is 1. The third-order valence-corrected chi connectivity index (χ3v) is 5.33. The molecule has 0 aromatic carbocycles. The number of hydrogen-bond donors (Lipinski definition) is 1. The number of anilines is 2. The van der Waals surface area contributed by atoms with Crippen LogP contribution in [0, 0.1) is 0 Å². The van der Waals surface area contributed by atoms with Gasteiger partial charge in [-0.25, -0.2) is 0 Å². The minimum atomic E-state index is 0.707. The number of rotatable bonds is 2. The van der Waals surface area contributed by atoms with Crippen LogP contribution in [0.3, 0.4) is 0 Å². The van der Waals surface area contributed by atoms with Crippen molar-refractivity contribution in [3.8, 4) is 0 Å². The zero-order valence-corrected chi connectivity index (χ0v) is 11.1. The molecule has 1 saturated carbocycles. The molecular formula is C11H17N3S2. The Morgan fingerprint density at radius 1 is 1.44 bits per heavy atom. The molecule has 1 aromatic rings. The van der Waals surface area contributed by atoms with Crippen LogP contribution in [0.4, 0.5) is 10.8 Å². The van der Waals surface area contributed by atoms with E-state index in [9.17, 15) is 0 Å². The fourth-order valence-corrected chi connectivity index (χ4v) is 4.23. The van der Waals surface area contributed by atoms with Gasteiger partial charge >= 0.3 is 0 Å². The lowest BCUT2D eigenvalue weighted by Gasteiger charge is -2.31. The molecule has 5 heteroatoms. The van der Waals surface area contributed by atoms with Crippen molar-refractivity contribution in [2.45, 2.75) is 30.9 Å². The molecule has 3 nitrogen and oxygen atoms in total. The highest BCUT2D eigenvalue weighted by Crippen LogP contribution is 2.49. The van der Waals surface area contributed by atoms with Gasteiger partial charge < -0.3 is 10.6 Å². The summed E-state index contributed by atoms with van der Waals surface area (Å²) in [5.41, 5.74) is 7.34. The maximum atomic E-state index is 5.99. The van der Waals surface area contributed by atoms with Crippen LogP contribution >= 0.6 is 23.3 Å². The SMILES string of the molecule is CC1CN(c2snc(N)c2C2CC2)CCS1. The van der Waals surface area contributed by atoms with Crippen molar-refractivity contribution >= 4 is 34.1 Å². The van der Waals surface area contributed by atoms with Crippen LogP contribution in [0.5, 0.6) is 0 Å². The molecule has 2 heterocycles. The van der Waals surface area contributed by atoms with E-state index in [4.69, 9.17) is 5.73 Å². The van der Waals surface area contributed by atoms with Crippen molar-refractivity contribution in [1.82, 2.24) is 4.37 Å². The average Bonchev–Trinajstić information content (AvgIpc) is 3.02. The number of nitrogens with two attached hydrogens (primary N) is 1. The normalized spacial score (nSPS) is 26.1. The molecule has 1 atom stereocenters. The largest absolute Gasteiger partial charge is 0.383 e. The second kappa shape index (κ2) is 4.11. The maximum Gasteiger partial charge on any atom is 0.142 e. The molecule has 2 fully saturated rings. The van der Waals surface area contributed by atoms with E-state index >= 15 is 0 Å². The Kier molecular flexibility index (Phi) is 2.75. The lowest BCUT2D eigenvalue weighted by Crippen LogP contribution is -2.36. The highest BCUT2D eigenvalue weighted by molar-refractivity contribution is 8.00. The Balaban J connectivity index is 1.87. The molecule has 1 unspecified atom stereocenters. The van der Waals surface area contributed by atoms with Crippen LogP contribution in [0.25, 0.3) is 0 Å². The first-order valence-corrected chi connectivity index (χ1v) is 7.69.